The van der Waals surface area contributed by atoms with Gasteiger partial charge in [-0.3, -0.25) is 9.59 Å². The van der Waals surface area contributed by atoms with Crippen LogP contribution in [0.2, 0.25) is 0 Å². The van der Waals surface area contributed by atoms with Crippen molar-refractivity contribution in [2.45, 2.75) is 39.7 Å². The zero-order chi connectivity index (χ0) is 15.8. The average molecular weight is 292 g/mol. The Morgan fingerprint density at radius 3 is 2.57 bits per heavy atom. The monoisotopic (exact) mass is 292 g/mol. The summed E-state index contributed by atoms with van der Waals surface area (Å²) in [6.07, 6.45) is 1.77. The maximum atomic E-state index is 12.1. The molecule has 0 saturated heterocycles. The predicted octanol–water partition coefficient (Wildman–Crippen LogP) is 1.33. The van der Waals surface area contributed by atoms with Gasteiger partial charge in [-0.1, -0.05) is 13.3 Å². The molecule has 1 aromatic rings. The van der Waals surface area contributed by atoms with Crippen molar-refractivity contribution >= 4 is 17.6 Å². The minimum Gasteiger partial charge on any atom is -0.373 e. The molecular weight excluding hydrogens is 268 g/mol. The summed E-state index contributed by atoms with van der Waals surface area (Å²) >= 11 is 0. The van der Waals surface area contributed by atoms with Crippen LogP contribution < -0.4 is 16.0 Å². The summed E-state index contributed by atoms with van der Waals surface area (Å²) in [6.45, 7) is 5.78. The average Bonchev–Trinajstić information content (AvgIpc) is 2.44. The van der Waals surface area contributed by atoms with Crippen LogP contribution in [0, 0.1) is 0 Å². The van der Waals surface area contributed by atoms with Crippen LogP contribution >= 0.6 is 0 Å². The molecule has 0 bridgehead atoms. The molecule has 0 spiro atoms. The van der Waals surface area contributed by atoms with E-state index in [-0.39, 0.29) is 24.4 Å². The van der Waals surface area contributed by atoms with Crippen LogP contribution in [0.3, 0.4) is 0 Å². The van der Waals surface area contributed by atoms with Crippen LogP contribution in [0.5, 0.6) is 0 Å². The third-order valence-electron chi connectivity index (χ3n) is 2.76. The Bertz CT molecular complexity index is 500. The second-order valence-electron chi connectivity index (χ2n) is 5.14. The van der Waals surface area contributed by atoms with Gasteiger partial charge in [0.1, 0.15) is 5.82 Å². The SMILES string of the molecule is CCCc1cc(C(=O)NCC(=O)NC(C)C)cc(NC)n1. The van der Waals surface area contributed by atoms with Gasteiger partial charge in [-0.05, 0) is 32.4 Å². The maximum Gasteiger partial charge on any atom is 0.251 e. The first kappa shape index (κ1) is 16.9. The van der Waals surface area contributed by atoms with Crippen LogP contribution in [-0.4, -0.2) is 36.4 Å². The number of amides is 2. The van der Waals surface area contributed by atoms with Gasteiger partial charge in [-0.25, -0.2) is 4.98 Å². The third-order valence-corrected chi connectivity index (χ3v) is 2.76. The number of aromatic nitrogens is 1. The number of rotatable bonds is 7. The van der Waals surface area contributed by atoms with Crippen LogP contribution in [0.1, 0.15) is 43.2 Å². The number of pyridine rings is 1. The van der Waals surface area contributed by atoms with Gasteiger partial charge in [0.05, 0.1) is 6.54 Å². The summed E-state index contributed by atoms with van der Waals surface area (Å²) in [5.41, 5.74) is 1.37. The van der Waals surface area contributed by atoms with Crippen molar-refractivity contribution < 1.29 is 9.59 Å². The number of nitrogens with one attached hydrogen (secondary N) is 3. The van der Waals surface area contributed by atoms with Crippen LogP contribution in [0.15, 0.2) is 12.1 Å². The number of aryl methyl sites for hydroxylation is 1. The normalized spacial score (nSPS) is 10.3. The molecule has 0 aliphatic heterocycles. The molecule has 116 valence electrons. The standard InChI is InChI=1S/C15H24N4O2/c1-5-6-12-7-11(8-13(16-4)19-12)15(21)17-9-14(20)18-10(2)3/h7-8,10H,5-6,9H2,1-4H3,(H,16,19)(H,17,21)(H,18,20). The molecule has 0 fully saturated rings. The molecule has 0 radical (unpaired) electrons. The first-order chi connectivity index (χ1) is 9.96. The molecule has 1 rings (SSSR count). The fourth-order valence-corrected chi connectivity index (χ4v) is 1.87. The Kier molecular flexibility index (Phi) is 6.65. The lowest BCUT2D eigenvalue weighted by molar-refractivity contribution is -0.120. The quantitative estimate of drug-likeness (QED) is 0.708. The Hall–Kier alpha value is -2.11. The first-order valence-corrected chi connectivity index (χ1v) is 7.22. The Labute approximate surface area is 125 Å². The van der Waals surface area contributed by atoms with Crippen molar-refractivity contribution in [3.63, 3.8) is 0 Å². The van der Waals surface area contributed by atoms with Crippen molar-refractivity contribution in [2.24, 2.45) is 0 Å². The topological polar surface area (TPSA) is 83.1 Å². The fraction of sp³-hybridized carbons (Fsp3) is 0.533. The lowest BCUT2D eigenvalue weighted by Crippen LogP contribution is -2.39. The minimum atomic E-state index is -0.273. The van der Waals surface area contributed by atoms with Crippen LogP contribution in [-0.2, 0) is 11.2 Å². The van der Waals surface area contributed by atoms with Gasteiger partial charge in [0.15, 0.2) is 0 Å². The summed E-state index contributed by atoms with van der Waals surface area (Å²) in [5, 5.41) is 8.29. The van der Waals surface area contributed by atoms with Gasteiger partial charge >= 0.3 is 0 Å². The summed E-state index contributed by atoms with van der Waals surface area (Å²) in [7, 11) is 1.76. The first-order valence-electron chi connectivity index (χ1n) is 7.22. The third kappa shape index (κ3) is 5.81. The van der Waals surface area contributed by atoms with Gasteiger partial charge in [-0.15, -0.1) is 0 Å². The highest BCUT2D eigenvalue weighted by Gasteiger charge is 2.11. The smallest absolute Gasteiger partial charge is 0.251 e. The molecular formula is C15H24N4O2. The molecule has 0 aliphatic carbocycles. The Morgan fingerprint density at radius 2 is 2.00 bits per heavy atom. The lowest BCUT2D eigenvalue weighted by Gasteiger charge is -2.11. The molecule has 0 aromatic carbocycles. The highest BCUT2D eigenvalue weighted by Crippen LogP contribution is 2.11. The molecule has 1 heterocycles. The summed E-state index contributed by atoms with van der Waals surface area (Å²) in [4.78, 5) is 28.0. The number of hydrogen-bond donors (Lipinski definition) is 3. The van der Waals surface area contributed by atoms with E-state index in [9.17, 15) is 9.59 Å². The Morgan fingerprint density at radius 1 is 1.29 bits per heavy atom. The molecule has 1 aromatic heterocycles. The highest BCUT2D eigenvalue weighted by molar-refractivity contribution is 5.97. The van der Waals surface area contributed by atoms with Gasteiger partial charge < -0.3 is 16.0 Å². The number of hydrogen-bond acceptors (Lipinski definition) is 4. The maximum absolute atomic E-state index is 12.1. The molecule has 0 atom stereocenters. The summed E-state index contributed by atoms with van der Waals surface area (Å²) < 4.78 is 0. The highest BCUT2D eigenvalue weighted by atomic mass is 16.2. The molecule has 0 aliphatic rings. The van der Waals surface area contributed by atoms with E-state index < -0.39 is 0 Å². The second kappa shape index (κ2) is 8.24. The molecule has 6 heteroatoms. The minimum absolute atomic E-state index is 0.0304. The number of carbonyl (C=O) groups excluding carboxylic acids is 2. The van der Waals surface area contributed by atoms with Gasteiger partial charge in [0, 0.05) is 24.3 Å². The van der Waals surface area contributed by atoms with Gasteiger partial charge in [0.2, 0.25) is 5.91 Å². The van der Waals surface area contributed by atoms with Crippen molar-refractivity contribution in [1.82, 2.24) is 15.6 Å². The zero-order valence-electron chi connectivity index (χ0n) is 13.1. The van der Waals surface area contributed by atoms with Crippen molar-refractivity contribution in [3.8, 4) is 0 Å². The number of anilines is 1. The molecule has 0 unspecified atom stereocenters. The Balaban J connectivity index is 2.72. The van der Waals surface area contributed by atoms with Crippen molar-refractivity contribution in [1.29, 1.82) is 0 Å². The largest absolute Gasteiger partial charge is 0.373 e. The zero-order valence-corrected chi connectivity index (χ0v) is 13.1. The predicted molar refractivity (Wildman–Crippen MR) is 83.4 cm³/mol. The van der Waals surface area contributed by atoms with E-state index in [1.165, 1.54) is 0 Å². The van der Waals surface area contributed by atoms with E-state index in [0.717, 1.165) is 18.5 Å². The van der Waals surface area contributed by atoms with E-state index in [2.05, 4.69) is 27.9 Å². The van der Waals surface area contributed by atoms with E-state index in [4.69, 9.17) is 0 Å². The van der Waals surface area contributed by atoms with E-state index in [0.29, 0.717) is 11.4 Å². The molecule has 3 N–H and O–H groups in total. The van der Waals surface area contributed by atoms with Crippen molar-refractivity contribution in [3.05, 3.63) is 23.4 Å². The van der Waals surface area contributed by atoms with Gasteiger partial charge in [-0.2, -0.15) is 0 Å². The van der Waals surface area contributed by atoms with Crippen LogP contribution in [0.4, 0.5) is 5.82 Å². The molecule has 6 nitrogen and oxygen atoms in total. The van der Waals surface area contributed by atoms with E-state index >= 15 is 0 Å². The van der Waals surface area contributed by atoms with E-state index in [1.54, 1.807) is 19.2 Å². The number of carbonyl (C=O) groups is 2. The molecule has 0 saturated carbocycles. The fourth-order valence-electron chi connectivity index (χ4n) is 1.87. The van der Waals surface area contributed by atoms with Crippen LogP contribution in [0.25, 0.3) is 0 Å². The molecule has 21 heavy (non-hydrogen) atoms. The van der Waals surface area contributed by atoms with Crippen molar-refractivity contribution in [2.75, 3.05) is 18.9 Å². The molecule has 2 amide bonds. The van der Waals surface area contributed by atoms with E-state index in [1.807, 2.05) is 13.8 Å². The summed E-state index contributed by atoms with van der Waals surface area (Å²) in [5.74, 6) is 0.179. The van der Waals surface area contributed by atoms with Gasteiger partial charge in [0.25, 0.3) is 5.91 Å². The summed E-state index contributed by atoms with van der Waals surface area (Å²) in [6, 6.07) is 3.50. The number of nitrogens with zero attached hydrogens (tertiary/aromatic N) is 1. The second-order valence-corrected chi connectivity index (χ2v) is 5.14. The lowest BCUT2D eigenvalue weighted by atomic mass is 10.1.